The maximum atomic E-state index is 12.9. The molecule has 0 atom stereocenters. The predicted molar refractivity (Wildman–Crippen MR) is 69.3 cm³/mol. The second-order valence-electron chi connectivity index (χ2n) is 3.61. The van der Waals surface area contributed by atoms with Gasteiger partial charge in [0.15, 0.2) is 0 Å². The maximum Gasteiger partial charge on any atom is 0.406 e. The highest BCUT2D eigenvalue weighted by Crippen LogP contribution is 2.25. The molecule has 0 bridgehead atoms. The van der Waals surface area contributed by atoms with Gasteiger partial charge in [-0.3, -0.25) is 0 Å². The molecular weight excluding hydrogens is 319 g/mol. The topological polar surface area (TPSA) is 65.3 Å². The minimum Gasteiger partial charge on any atom is -0.481 e. The van der Waals surface area contributed by atoms with E-state index < -0.39 is 4.92 Å². The number of nitro groups is 1. The second-order valence-corrected chi connectivity index (χ2v) is 4.46. The fraction of sp³-hybridized carbons (Fsp3) is 0.0833. The molecule has 1 aromatic carbocycles. The molecule has 2 rings (SSSR count). The van der Waals surface area contributed by atoms with Gasteiger partial charge in [-0.1, -0.05) is 22.0 Å². The summed E-state index contributed by atoms with van der Waals surface area (Å²) in [4.78, 5) is 13.8. The number of ether oxygens (including phenoxy) is 1. The van der Waals surface area contributed by atoms with Gasteiger partial charge in [-0.15, -0.1) is 0 Å². The molecule has 0 aliphatic heterocycles. The first kappa shape index (κ1) is 13.4. The number of nitrogens with zero attached hydrogens (tertiary/aromatic N) is 2. The highest BCUT2D eigenvalue weighted by Gasteiger charge is 2.15. The SMILES string of the molecule is O=[N+]([O-])c1ncccc1OCc1ccc(F)cc1Br. The third kappa shape index (κ3) is 3.25. The van der Waals surface area contributed by atoms with Crippen LogP contribution in [-0.4, -0.2) is 9.91 Å². The number of halogens is 2. The van der Waals surface area contributed by atoms with Crippen LogP contribution in [0.5, 0.6) is 5.75 Å². The van der Waals surface area contributed by atoms with Gasteiger partial charge in [0.25, 0.3) is 0 Å². The van der Waals surface area contributed by atoms with Crippen molar-refractivity contribution in [2.24, 2.45) is 0 Å². The molecule has 1 aromatic heterocycles. The monoisotopic (exact) mass is 326 g/mol. The third-order valence-electron chi connectivity index (χ3n) is 2.32. The van der Waals surface area contributed by atoms with Crippen LogP contribution in [0.1, 0.15) is 5.56 Å². The van der Waals surface area contributed by atoms with Gasteiger partial charge in [-0.2, -0.15) is 0 Å². The number of pyridine rings is 1. The Bertz CT molecular complexity index is 622. The lowest BCUT2D eigenvalue weighted by Gasteiger charge is -2.07. The van der Waals surface area contributed by atoms with Gasteiger partial charge < -0.3 is 14.9 Å². The number of rotatable bonds is 4. The molecule has 0 aliphatic carbocycles. The van der Waals surface area contributed by atoms with Gasteiger partial charge >= 0.3 is 5.82 Å². The summed E-state index contributed by atoms with van der Waals surface area (Å²) in [6, 6.07) is 7.14. The molecule has 5 nitrogen and oxygen atoms in total. The van der Waals surface area contributed by atoms with Crippen molar-refractivity contribution in [3.05, 3.63) is 62.5 Å². The Morgan fingerprint density at radius 1 is 1.42 bits per heavy atom. The Hall–Kier alpha value is -2.02. The van der Waals surface area contributed by atoms with Gasteiger partial charge in [0.2, 0.25) is 5.75 Å². The molecule has 0 saturated heterocycles. The van der Waals surface area contributed by atoms with E-state index in [1.54, 1.807) is 12.1 Å². The molecule has 0 unspecified atom stereocenters. The summed E-state index contributed by atoms with van der Waals surface area (Å²) >= 11 is 3.20. The van der Waals surface area contributed by atoms with E-state index in [4.69, 9.17) is 4.74 Å². The molecule has 98 valence electrons. The summed E-state index contributed by atoms with van der Waals surface area (Å²) in [5.74, 6) is -0.646. The number of hydrogen-bond donors (Lipinski definition) is 0. The molecule has 0 radical (unpaired) electrons. The Labute approximate surface area is 116 Å². The highest BCUT2D eigenvalue weighted by atomic mass is 79.9. The van der Waals surface area contributed by atoms with E-state index in [0.29, 0.717) is 10.0 Å². The zero-order chi connectivity index (χ0) is 13.8. The Balaban J connectivity index is 2.17. The van der Waals surface area contributed by atoms with Gasteiger partial charge in [-0.25, -0.2) is 4.39 Å². The van der Waals surface area contributed by atoms with Crippen molar-refractivity contribution in [2.45, 2.75) is 6.61 Å². The lowest BCUT2D eigenvalue weighted by molar-refractivity contribution is -0.390. The summed E-state index contributed by atoms with van der Waals surface area (Å²) in [7, 11) is 0. The van der Waals surface area contributed by atoms with E-state index in [1.807, 2.05) is 0 Å². The summed E-state index contributed by atoms with van der Waals surface area (Å²) < 4.78 is 18.8. The molecule has 1 heterocycles. The molecule has 0 fully saturated rings. The third-order valence-corrected chi connectivity index (χ3v) is 3.06. The molecular formula is C12H8BrFN2O3. The van der Waals surface area contributed by atoms with Crippen molar-refractivity contribution < 1.29 is 14.1 Å². The average Bonchev–Trinajstić information content (AvgIpc) is 2.38. The van der Waals surface area contributed by atoms with Gasteiger partial charge in [0.1, 0.15) is 18.6 Å². The van der Waals surface area contributed by atoms with E-state index >= 15 is 0 Å². The fourth-order valence-electron chi connectivity index (χ4n) is 1.43. The smallest absolute Gasteiger partial charge is 0.406 e. The minimum absolute atomic E-state index is 0.0729. The normalized spacial score (nSPS) is 10.2. The summed E-state index contributed by atoms with van der Waals surface area (Å²) in [5.41, 5.74) is 0.680. The van der Waals surface area contributed by atoms with Crippen molar-refractivity contribution in [3.8, 4) is 5.75 Å². The molecule has 19 heavy (non-hydrogen) atoms. The maximum absolute atomic E-state index is 12.9. The Kier molecular flexibility index (Phi) is 4.06. The van der Waals surface area contributed by atoms with Crippen LogP contribution in [0.3, 0.4) is 0 Å². The molecule has 0 aliphatic rings. The Morgan fingerprint density at radius 2 is 2.21 bits per heavy atom. The van der Waals surface area contributed by atoms with E-state index in [1.165, 1.54) is 24.4 Å². The molecule has 0 saturated carbocycles. The van der Waals surface area contributed by atoms with Crippen LogP contribution in [0, 0.1) is 15.9 Å². The molecule has 2 aromatic rings. The van der Waals surface area contributed by atoms with Gasteiger partial charge in [0.05, 0.1) is 0 Å². The van der Waals surface area contributed by atoms with Gasteiger partial charge in [-0.05, 0) is 34.2 Å². The van der Waals surface area contributed by atoms with E-state index in [0.717, 1.165) is 0 Å². The number of hydrogen-bond acceptors (Lipinski definition) is 4. The van der Waals surface area contributed by atoms with Gasteiger partial charge in [0, 0.05) is 10.0 Å². The molecule has 7 heteroatoms. The largest absolute Gasteiger partial charge is 0.481 e. The minimum atomic E-state index is -0.616. The van der Waals surface area contributed by atoms with E-state index in [9.17, 15) is 14.5 Å². The zero-order valence-corrected chi connectivity index (χ0v) is 11.1. The van der Waals surface area contributed by atoms with Crippen LogP contribution < -0.4 is 4.74 Å². The average molecular weight is 327 g/mol. The van der Waals surface area contributed by atoms with Crippen LogP contribution in [0.2, 0.25) is 0 Å². The van der Waals surface area contributed by atoms with Crippen molar-refractivity contribution in [1.82, 2.24) is 4.98 Å². The fourth-order valence-corrected chi connectivity index (χ4v) is 1.89. The zero-order valence-electron chi connectivity index (χ0n) is 9.55. The van der Waals surface area contributed by atoms with E-state index in [-0.39, 0.29) is 24.0 Å². The lowest BCUT2D eigenvalue weighted by atomic mass is 10.2. The van der Waals surface area contributed by atoms with Crippen molar-refractivity contribution in [2.75, 3.05) is 0 Å². The number of aromatic nitrogens is 1. The first-order chi connectivity index (χ1) is 9.08. The van der Waals surface area contributed by atoms with Crippen LogP contribution >= 0.6 is 15.9 Å². The summed E-state index contributed by atoms with van der Waals surface area (Å²) in [6.45, 7) is 0.0768. The van der Waals surface area contributed by atoms with E-state index in [2.05, 4.69) is 20.9 Å². The van der Waals surface area contributed by atoms with Crippen molar-refractivity contribution >= 4 is 21.7 Å². The van der Waals surface area contributed by atoms with Crippen LogP contribution in [-0.2, 0) is 6.61 Å². The number of benzene rings is 1. The van der Waals surface area contributed by atoms with Crippen molar-refractivity contribution in [1.29, 1.82) is 0 Å². The standard InChI is InChI=1S/C12H8BrFN2O3/c13-10-6-9(14)4-3-8(10)7-19-11-2-1-5-15-12(11)16(17)18/h1-6H,7H2. The van der Waals surface area contributed by atoms with Crippen molar-refractivity contribution in [3.63, 3.8) is 0 Å². The first-order valence-corrected chi connectivity index (χ1v) is 6.03. The first-order valence-electron chi connectivity index (χ1n) is 5.24. The quantitative estimate of drug-likeness (QED) is 0.637. The molecule has 0 amide bonds. The van der Waals surface area contributed by atoms with Crippen LogP contribution in [0.15, 0.2) is 41.0 Å². The lowest BCUT2D eigenvalue weighted by Crippen LogP contribution is -2.01. The van der Waals surface area contributed by atoms with Crippen LogP contribution in [0.4, 0.5) is 10.2 Å². The Morgan fingerprint density at radius 3 is 2.89 bits per heavy atom. The predicted octanol–water partition coefficient (Wildman–Crippen LogP) is 3.47. The summed E-state index contributed by atoms with van der Waals surface area (Å²) in [6.07, 6.45) is 1.32. The highest BCUT2D eigenvalue weighted by molar-refractivity contribution is 9.10. The molecule has 0 N–H and O–H groups in total. The second kappa shape index (κ2) is 5.75. The molecule has 0 spiro atoms. The summed E-state index contributed by atoms with van der Waals surface area (Å²) in [5, 5.41) is 10.7. The van der Waals surface area contributed by atoms with Crippen LogP contribution in [0.25, 0.3) is 0 Å².